The fourth-order valence-corrected chi connectivity index (χ4v) is 1.74. The Hall–Kier alpha value is -2.12. The van der Waals surface area contributed by atoms with E-state index in [9.17, 15) is 9.59 Å². The van der Waals surface area contributed by atoms with E-state index in [4.69, 9.17) is 10.0 Å². The lowest BCUT2D eigenvalue weighted by Gasteiger charge is -2.07. The summed E-state index contributed by atoms with van der Waals surface area (Å²) in [5, 5.41) is 18.0. The minimum atomic E-state index is -1.53. The van der Waals surface area contributed by atoms with Crippen molar-refractivity contribution in [2.24, 2.45) is 7.05 Å². The monoisotopic (exact) mass is 260 g/mol. The first kappa shape index (κ1) is 13.3. The SMILES string of the molecule is Cn1ccc(=O)n(Cc2ccc(B(O)O)cc2)c1=O. The van der Waals surface area contributed by atoms with Crippen LogP contribution in [0.3, 0.4) is 0 Å². The van der Waals surface area contributed by atoms with E-state index in [2.05, 4.69) is 0 Å². The highest BCUT2D eigenvalue weighted by molar-refractivity contribution is 6.58. The van der Waals surface area contributed by atoms with Crippen LogP contribution >= 0.6 is 0 Å². The van der Waals surface area contributed by atoms with E-state index >= 15 is 0 Å². The number of hydrogen-bond acceptors (Lipinski definition) is 4. The molecule has 6 nitrogen and oxygen atoms in total. The number of aryl methyl sites for hydroxylation is 1. The van der Waals surface area contributed by atoms with Crippen LogP contribution in [0.25, 0.3) is 0 Å². The fourth-order valence-electron chi connectivity index (χ4n) is 1.74. The van der Waals surface area contributed by atoms with Crippen molar-refractivity contribution >= 4 is 12.6 Å². The minimum Gasteiger partial charge on any atom is -0.423 e. The Morgan fingerprint density at radius 3 is 2.32 bits per heavy atom. The van der Waals surface area contributed by atoms with Crippen LogP contribution in [0.5, 0.6) is 0 Å². The van der Waals surface area contributed by atoms with Gasteiger partial charge in [0.2, 0.25) is 0 Å². The van der Waals surface area contributed by atoms with Crippen LogP contribution in [-0.2, 0) is 13.6 Å². The average Bonchev–Trinajstić information content (AvgIpc) is 2.40. The highest BCUT2D eigenvalue weighted by Gasteiger charge is 2.10. The third kappa shape index (κ3) is 2.83. The summed E-state index contributed by atoms with van der Waals surface area (Å²) in [6.45, 7) is 0.147. The Bertz CT molecular complexity index is 688. The van der Waals surface area contributed by atoms with Gasteiger partial charge in [-0.15, -0.1) is 0 Å². The Balaban J connectivity index is 2.34. The second-order valence-corrected chi connectivity index (χ2v) is 4.25. The van der Waals surface area contributed by atoms with Crippen LogP contribution in [0.15, 0.2) is 46.1 Å². The lowest BCUT2D eigenvalue weighted by Crippen LogP contribution is -2.38. The molecule has 0 spiro atoms. The molecule has 2 rings (SSSR count). The summed E-state index contributed by atoms with van der Waals surface area (Å²) in [5.74, 6) is 0. The topological polar surface area (TPSA) is 84.5 Å². The maximum absolute atomic E-state index is 11.8. The Kier molecular flexibility index (Phi) is 3.68. The highest BCUT2D eigenvalue weighted by atomic mass is 16.4. The van der Waals surface area contributed by atoms with E-state index < -0.39 is 12.8 Å². The first-order valence-corrected chi connectivity index (χ1v) is 5.70. The fraction of sp³-hybridized carbons (Fsp3) is 0.167. The summed E-state index contributed by atoms with van der Waals surface area (Å²) >= 11 is 0. The second-order valence-electron chi connectivity index (χ2n) is 4.25. The zero-order valence-electron chi connectivity index (χ0n) is 10.4. The van der Waals surface area contributed by atoms with Crippen molar-refractivity contribution in [1.82, 2.24) is 9.13 Å². The van der Waals surface area contributed by atoms with Crippen LogP contribution in [0.2, 0.25) is 0 Å². The summed E-state index contributed by atoms with van der Waals surface area (Å²) in [6.07, 6.45) is 1.42. The van der Waals surface area contributed by atoms with Crippen LogP contribution in [0, 0.1) is 0 Å². The normalized spacial score (nSPS) is 10.5. The average molecular weight is 260 g/mol. The first-order chi connectivity index (χ1) is 8.99. The molecule has 2 N–H and O–H groups in total. The molecule has 0 unspecified atom stereocenters. The van der Waals surface area contributed by atoms with Crippen molar-refractivity contribution in [2.45, 2.75) is 6.54 Å². The van der Waals surface area contributed by atoms with Crippen molar-refractivity contribution < 1.29 is 10.0 Å². The van der Waals surface area contributed by atoms with E-state index in [-0.39, 0.29) is 12.1 Å². The molecule has 0 atom stereocenters. The van der Waals surface area contributed by atoms with E-state index in [1.807, 2.05) is 0 Å². The molecule has 1 aromatic heterocycles. The minimum absolute atomic E-state index is 0.147. The zero-order valence-corrected chi connectivity index (χ0v) is 10.4. The molecule has 0 saturated heterocycles. The van der Waals surface area contributed by atoms with Crippen molar-refractivity contribution in [3.8, 4) is 0 Å². The zero-order chi connectivity index (χ0) is 14.0. The standard InChI is InChI=1S/C12H13BN2O4/c1-14-7-6-11(16)15(12(14)17)8-9-2-4-10(5-3-9)13(18)19/h2-7,18-19H,8H2,1H3. The molecule has 1 heterocycles. The summed E-state index contributed by atoms with van der Waals surface area (Å²) in [4.78, 5) is 23.5. The lowest BCUT2D eigenvalue weighted by molar-refractivity contribution is 0.426. The van der Waals surface area contributed by atoms with Gasteiger partial charge in [-0.3, -0.25) is 9.36 Å². The molecule has 0 radical (unpaired) electrons. The van der Waals surface area contributed by atoms with Crippen molar-refractivity contribution in [1.29, 1.82) is 0 Å². The molecular formula is C12H13BN2O4. The smallest absolute Gasteiger partial charge is 0.423 e. The molecule has 0 aliphatic carbocycles. The van der Waals surface area contributed by atoms with Gasteiger partial charge in [0.05, 0.1) is 6.54 Å². The molecule has 19 heavy (non-hydrogen) atoms. The highest BCUT2D eigenvalue weighted by Crippen LogP contribution is 1.98. The molecule has 2 aromatic rings. The van der Waals surface area contributed by atoms with Gasteiger partial charge in [0.15, 0.2) is 0 Å². The van der Waals surface area contributed by atoms with Gasteiger partial charge >= 0.3 is 12.8 Å². The van der Waals surface area contributed by atoms with Crippen molar-refractivity contribution in [2.75, 3.05) is 0 Å². The summed E-state index contributed by atoms with van der Waals surface area (Å²) in [5.41, 5.74) is 0.333. The molecule has 0 amide bonds. The van der Waals surface area contributed by atoms with Crippen LogP contribution in [0.4, 0.5) is 0 Å². The predicted molar refractivity (Wildman–Crippen MR) is 71.3 cm³/mol. The quantitative estimate of drug-likeness (QED) is 0.642. The predicted octanol–water partition coefficient (Wildman–Crippen LogP) is -1.72. The van der Waals surface area contributed by atoms with E-state index in [1.54, 1.807) is 31.3 Å². The van der Waals surface area contributed by atoms with E-state index in [0.29, 0.717) is 5.46 Å². The van der Waals surface area contributed by atoms with Gasteiger partial charge < -0.3 is 14.6 Å². The second kappa shape index (κ2) is 5.25. The van der Waals surface area contributed by atoms with Gasteiger partial charge in [0.1, 0.15) is 0 Å². The first-order valence-electron chi connectivity index (χ1n) is 5.70. The molecule has 0 bridgehead atoms. The number of rotatable bonds is 3. The van der Waals surface area contributed by atoms with Crippen molar-refractivity contribution in [3.05, 3.63) is 62.9 Å². The number of aromatic nitrogens is 2. The molecule has 7 heteroatoms. The number of hydrogen-bond donors (Lipinski definition) is 2. The lowest BCUT2D eigenvalue weighted by atomic mass is 9.80. The van der Waals surface area contributed by atoms with Gasteiger partial charge in [-0.1, -0.05) is 24.3 Å². The van der Waals surface area contributed by atoms with Gasteiger partial charge in [-0.05, 0) is 11.0 Å². The third-order valence-electron chi connectivity index (χ3n) is 2.86. The van der Waals surface area contributed by atoms with Gasteiger partial charge in [-0.2, -0.15) is 0 Å². The third-order valence-corrected chi connectivity index (χ3v) is 2.86. The van der Waals surface area contributed by atoms with Crippen LogP contribution < -0.4 is 16.7 Å². The Morgan fingerprint density at radius 1 is 1.11 bits per heavy atom. The van der Waals surface area contributed by atoms with Gasteiger partial charge in [0, 0.05) is 19.3 Å². The van der Waals surface area contributed by atoms with Crippen LogP contribution in [0.1, 0.15) is 5.56 Å². The Morgan fingerprint density at radius 2 is 1.74 bits per heavy atom. The maximum atomic E-state index is 11.8. The summed E-state index contributed by atoms with van der Waals surface area (Å²) < 4.78 is 2.44. The molecule has 1 aromatic carbocycles. The molecule has 0 aliphatic heterocycles. The largest absolute Gasteiger partial charge is 0.488 e. The molecule has 0 aliphatic rings. The maximum Gasteiger partial charge on any atom is 0.488 e. The van der Waals surface area contributed by atoms with Crippen LogP contribution in [-0.4, -0.2) is 26.3 Å². The van der Waals surface area contributed by atoms with Crippen molar-refractivity contribution in [3.63, 3.8) is 0 Å². The Labute approximate surface area is 109 Å². The van der Waals surface area contributed by atoms with E-state index in [0.717, 1.165) is 10.1 Å². The molecule has 0 fully saturated rings. The van der Waals surface area contributed by atoms with Gasteiger partial charge in [0.25, 0.3) is 5.56 Å². The molecular weight excluding hydrogens is 247 g/mol. The summed E-state index contributed by atoms with van der Waals surface area (Å²) in [7, 11) is 0.0464. The van der Waals surface area contributed by atoms with E-state index in [1.165, 1.54) is 16.8 Å². The molecule has 98 valence electrons. The summed E-state index contributed by atoms with van der Waals surface area (Å²) in [6, 6.07) is 7.70. The molecule has 0 saturated carbocycles. The number of nitrogens with zero attached hydrogens (tertiary/aromatic N) is 2. The van der Waals surface area contributed by atoms with Gasteiger partial charge in [-0.25, -0.2) is 4.79 Å². The number of benzene rings is 1.